The first-order valence-electron chi connectivity index (χ1n) is 4.71. The van der Waals surface area contributed by atoms with Gasteiger partial charge in [-0.3, -0.25) is 0 Å². The SMILES string of the molecule is CCCCNC(=O)[Te]CCCC. The van der Waals surface area contributed by atoms with Crippen LogP contribution in [0.4, 0.5) is 4.79 Å². The van der Waals surface area contributed by atoms with Crippen LogP contribution in [0, 0.1) is 0 Å². The first-order chi connectivity index (χ1) is 5.81. The van der Waals surface area contributed by atoms with Crippen LogP contribution in [0.15, 0.2) is 0 Å². The molecule has 0 rings (SSSR count). The van der Waals surface area contributed by atoms with E-state index >= 15 is 0 Å². The Labute approximate surface area is 85.6 Å². The summed E-state index contributed by atoms with van der Waals surface area (Å²) in [6.45, 7) is 5.19. The predicted molar refractivity (Wildman–Crippen MR) is 53.8 cm³/mol. The van der Waals surface area contributed by atoms with Gasteiger partial charge in [0.05, 0.1) is 0 Å². The van der Waals surface area contributed by atoms with Gasteiger partial charge in [-0.1, -0.05) is 0 Å². The van der Waals surface area contributed by atoms with Crippen molar-refractivity contribution in [2.24, 2.45) is 0 Å². The number of carbonyl (C=O) groups is 1. The molecule has 0 aromatic heterocycles. The number of amides is 1. The molecule has 0 atom stereocenters. The topological polar surface area (TPSA) is 29.1 Å². The fourth-order valence-electron chi connectivity index (χ4n) is 0.727. The third-order valence-corrected chi connectivity index (χ3v) is 4.10. The summed E-state index contributed by atoms with van der Waals surface area (Å²) in [5, 5.41) is 2.96. The van der Waals surface area contributed by atoms with Gasteiger partial charge in [0, 0.05) is 0 Å². The first kappa shape index (κ1) is 12.3. The summed E-state index contributed by atoms with van der Waals surface area (Å²) in [6, 6.07) is 0. The number of hydrogen-bond donors (Lipinski definition) is 1. The van der Waals surface area contributed by atoms with Gasteiger partial charge in [0.15, 0.2) is 0 Å². The van der Waals surface area contributed by atoms with Gasteiger partial charge in [-0.2, -0.15) is 0 Å². The van der Waals surface area contributed by atoms with Crippen molar-refractivity contribution in [3.63, 3.8) is 0 Å². The molecule has 0 fully saturated rings. The molecule has 1 N–H and O–H groups in total. The summed E-state index contributed by atoms with van der Waals surface area (Å²) >= 11 is -0.379. The molecule has 3 heteroatoms. The molecule has 0 aliphatic carbocycles. The fourth-order valence-corrected chi connectivity index (χ4v) is 3.08. The Kier molecular flexibility index (Phi) is 9.55. The van der Waals surface area contributed by atoms with Crippen molar-refractivity contribution < 1.29 is 4.79 Å². The van der Waals surface area contributed by atoms with E-state index in [2.05, 4.69) is 19.2 Å². The zero-order chi connectivity index (χ0) is 9.23. The van der Waals surface area contributed by atoms with E-state index in [1.807, 2.05) is 0 Å². The minimum atomic E-state index is -0.379. The second-order valence-electron chi connectivity index (χ2n) is 2.77. The molecule has 0 radical (unpaired) electrons. The van der Waals surface area contributed by atoms with Crippen LogP contribution in [0.25, 0.3) is 0 Å². The van der Waals surface area contributed by atoms with Gasteiger partial charge in [-0.05, 0) is 0 Å². The van der Waals surface area contributed by atoms with Crippen LogP contribution in [0.5, 0.6) is 0 Å². The Morgan fingerprint density at radius 1 is 1.25 bits per heavy atom. The molecule has 12 heavy (non-hydrogen) atoms. The molecule has 0 saturated heterocycles. The van der Waals surface area contributed by atoms with Crippen molar-refractivity contribution in [3.05, 3.63) is 0 Å². The Balaban J connectivity index is 3.10. The molecule has 72 valence electrons. The molecular weight excluding hydrogens is 266 g/mol. The number of nitrogens with one attached hydrogen (secondary N) is 1. The summed E-state index contributed by atoms with van der Waals surface area (Å²) < 4.78 is 1.52. The molecule has 0 heterocycles. The van der Waals surface area contributed by atoms with Crippen molar-refractivity contribution in [2.75, 3.05) is 6.54 Å². The maximum absolute atomic E-state index is 11.1. The van der Waals surface area contributed by atoms with E-state index in [9.17, 15) is 4.79 Å². The van der Waals surface area contributed by atoms with Gasteiger partial charge in [-0.25, -0.2) is 0 Å². The summed E-state index contributed by atoms with van der Waals surface area (Å²) in [5.41, 5.74) is 0. The van der Waals surface area contributed by atoms with Crippen LogP contribution in [-0.4, -0.2) is 31.4 Å². The van der Waals surface area contributed by atoms with E-state index < -0.39 is 0 Å². The molecule has 0 bridgehead atoms. The second kappa shape index (κ2) is 9.35. The maximum atomic E-state index is 11.1. The van der Waals surface area contributed by atoms with Crippen LogP contribution < -0.4 is 5.32 Å². The molecule has 2 nitrogen and oxygen atoms in total. The van der Waals surface area contributed by atoms with E-state index in [0.29, 0.717) is 3.96 Å². The van der Waals surface area contributed by atoms with E-state index in [4.69, 9.17) is 0 Å². The average Bonchev–Trinajstić information content (AvgIpc) is 2.06. The van der Waals surface area contributed by atoms with Crippen molar-refractivity contribution in [3.8, 4) is 0 Å². The third kappa shape index (κ3) is 8.36. The molecular formula is C9H19NOTe. The molecule has 0 aromatic rings. The standard InChI is InChI=1S/C9H19NOTe/c1-3-5-7-10-9(11)12-8-6-4-2/h3-8H2,1-2H3,(H,10,11). The molecule has 0 aromatic carbocycles. The van der Waals surface area contributed by atoms with Crippen molar-refractivity contribution in [1.29, 1.82) is 0 Å². The zero-order valence-electron chi connectivity index (χ0n) is 8.06. The van der Waals surface area contributed by atoms with E-state index in [1.165, 1.54) is 17.3 Å². The van der Waals surface area contributed by atoms with Gasteiger partial charge in [0.25, 0.3) is 0 Å². The second-order valence-corrected chi connectivity index (χ2v) is 5.82. The summed E-state index contributed by atoms with van der Waals surface area (Å²) in [6.07, 6.45) is 4.72. The monoisotopic (exact) mass is 287 g/mol. The Bertz CT molecular complexity index is 105. The molecule has 0 aliphatic rings. The predicted octanol–water partition coefficient (Wildman–Crippen LogP) is 2.42. The Morgan fingerprint density at radius 2 is 1.92 bits per heavy atom. The minimum absolute atomic E-state index is 0.349. The quantitative estimate of drug-likeness (QED) is 0.565. The van der Waals surface area contributed by atoms with Crippen molar-refractivity contribution in [2.45, 2.75) is 44.0 Å². The summed E-state index contributed by atoms with van der Waals surface area (Å²) in [4.78, 5) is 11.1. The molecule has 0 unspecified atom stereocenters. The normalized spacial score (nSPS) is 9.83. The van der Waals surface area contributed by atoms with Gasteiger partial charge < -0.3 is 0 Å². The Hall–Kier alpha value is 0.260. The van der Waals surface area contributed by atoms with Crippen molar-refractivity contribution >= 4 is 24.9 Å². The van der Waals surface area contributed by atoms with E-state index in [0.717, 1.165) is 19.4 Å². The van der Waals surface area contributed by atoms with Gasteiger partial charge in [0.2, 0.25) is 0 Å². The molecule has 1 amide bonds. The number of rotatable bonds is 7. The third-order valence-electron chi connectivity index (χ3n) is 1.53. The van der Waals surface area contributed by atoms with E-state index in [1.54, 1.807) is 0 Å². The van der Waals surface area contributed by atoms with E-state index in [-0.39, 0.29) is 20.9 Å². The molecule has 0 saturated carbocycles. The fraction of sp³-hybridized carbons (Fsp3) is 0.889. The van der Waals surface area contributed by atoms with Crippen LogP contribution in [0.2, 0.25) is 4.47 Å². The Morgan fingerprint density at radius 3 is 2.50 bits per heavy atom. The summed E-state index contributed by atoms with van der Waals surface area (Å²) in [5.74, 6) is 0. The summed E-state index contributed by atoms with van der Waals surface area (Å²) in [7, 11) is 0. The molecule has 0 spiro atoms. The number of carbonyl (C=O) groups excluding carboxylic acids is 1. The van der Waals surface area contributed by atoms with Crippen LogP contribution in [0.1, 0.15) is 39.5 Å². The van der Waals surface area contributed by atoms with Crippen LogP contribution >= 0.6 is 0 Å². The average molecular weight is 285 g/mol. The van der Waals surface area contributed by atoms with Crippen molar-refractivity contribution in [1.82, 2.24) is 5.32 Å². The zero-order valence-corrected chi connectivity index (χ0v) is 10.4. The van der Waals surface area contributed by atoms with Crippen LogP contribution in [0.3, 0.4) is 0 Å². The first-order valence-corrected chi connectivity index (χ1v) is 7.53. The van der Waals surface area contributed by atoms with Gasteiger partial charge >= 0.3 is 85.5 Å². The van der Waals surface area contributed by atoms with Gasteiger partial charge in [0.1, 0.15) is 0 Å². The molecule has 0 aliphatic heterocycles. The van der Waals surface area contributed by atoms with Gasteiger partial charge in [-0.15, -0.1) is 0 Å². The number of unbranched alkanes of at least 4 members (excludes halogenated alkanes) is 2. The number of hydrogen-bond acceptors (Lipinski definition) is 1. The van der Waals surface area contributed by atoms with Crippen LogP contribution in [-0.2, 0) is 0 Å².